The molecule has 2 rings (SSSR count). The average molecular weight is 293 g/mol. The second kappa shape index (κ2) is 8.95. The minimum Gasteiger partial charge on any atom is -0.373 e. The number of likely N-dealkylation sites (N-methyl/N-ethyl adjacent to an activating group) is 1. The molecule has 0 amide bonds. The SMILES string of the molecule is CCNC(C1=CCCCCC1)C1(OCC)CCCCCC1. The van der Waals surface area contributed by atoms with Crippen molar-refractivity contribution in [1.29, 1.82) is 0 Å². The lowest BCUT2D eigenvalue weighted by atomic mass is 9.80. The van der Waals surface area contributed by atoms with Crippen molar-refractivity contribution in [3.63, 3.8) is 0 Å². The second-order valence-electron chi connectivity index (χ2n) is 6.78. The highest BCUT2D eigenvalue weighted by molar-refractivity contribution is 5.19. The van der Waals surface area contributed by atoms with Gasteiger partial charge in [0.2, 0.25) is 0 Å². The zero-order valence-corrected chi connectivity index (χ0v) is 14.3. The van der Waals surface area contributed by atoms with Crippen molar-refractivity contribution in [1.82, 2.24) is 5.32 Å². The van der Waals surface area contributed by atoms with Gasteiger partial charge in [-0.3, -0.25) is 0 Å². The molecule has 21 heavy (non-hydrogen) atoms. The van der Waals surface area contributed by atoms with Gasteiger partial charge in [-0.05, 0) is 52.0 Å². The summed E-state index contributed by atoms with van der Waals surface area (Å²) in [6.45, 7) is 6.28. The van der Waals surface area contributed by atoms with Crippen molar-refractivity contribution >= 4 is 0 Å². The van der Waals surface area contributed by atoms with E-state index in [1.165, 1.54) is 70.6 Å². The van der Waals surface area contributed by atoms with Crippen molar-refractivity contribution in [2.75, 3.05) is 13.2 Å². The van der Waals surface area contributed by atoms with E-state index in [0.29, 0.717) is 6.04 Å². The van der Waals surface area contributed by atoms with Crippen LogP contribution in [0.1, 0.15) is 84.5 Å². The Morgan fingerprint density at radius 1 is 1.05 bits per heavy atom. The third kappa shape index (κ3) is 4.56. The fraction of sp³-hybridized carbons (Fsp3) is 0.895. The number of hydrogen-bond acceptors (Lipinski definition) is 2. The van der Waals surface area contributed by atoms with E-state index in [-0.39, 0.29) is 5.60 Å². The van der Waals surface area contributed by atoms with E-state index >= 15 is 0 Å². The summed E-state index contributed by atoms with van der Waals surface area (Å²) in [5.41, 5.74) is 1.70. The second-order valence-corrected chi connectivity index (χ2v) is 6.78. The Kier molecular flexibility index (Phi) is 7.25. The van der Waals surface area contributed by atoms with E-state index in [0.717, 1.165) is 13.2 Å². The molecular formula is C19H35NO. The van der Waals surface area contributed by atoms with Crippen LogP contribution in [0.3, 0.4) is 0 Å². The van der Waals surface area contributed by atoms with Crippen molar-refractivity contribution in [2.45, 2.75) is 96.1 Å². The normalized spacial score (nSPS) is 24.8. The summed E-state index contributed by atoms with van der Waals surface area (Å²) in [7, 11) is 0. The number of hydrogen-bond donors (Lipinski definition) is 1. The summed E-state index contributed by atoms with van der Waals surface area (Å²) in [5, 5.41) is 3.81. The van der Waals surface area contributed by atoms with Crippen molar-refractivity contribution in [2.24, 2.45) is 0 Å². The first-order chi connectivity index (χ1) is 10.3. The molecule has 0 bridgehead atoms. The van der Waals surface area contributed by atoms with Gasteiger partial charge in [0, 0.05) is 6.61 Å². The summed E-state index contributed by atoms with van der Waals surface area (Å²) in [5.74, 6) is 0. The molecule has 122 valence electrons. The maximum absolute atomic E-state index is 6.46. The molecule has 2 nitrogen and oxygen atoms in total. The van der Waals surface area contributed by atoms with E-state index in [1.807, 2.05) is 0 Å². The highest BCUT2D eigenvalue weighted by Gasteiger charge is 2.41. The van der Waals surface area contributed by atoms with Gasteiger partial charge in [0.25, 0.3) is 0 Å². The zero-order chi connectivity index (χ0) is 15.0. The summed E-state index contributed by atoms with van der Waals surface area (Å²) < 4.78 is 6.46. The lowest BCUT2D eigenvalue weighted by Gasteiger charge is -2.42. The molecule has 2 aliphatic carbocycles. The van der Waals surface area contributed by atoms with Crippen molar-refractivity contribution in [3.8, 4) is 0 Å². The fourth-order valence-electron chi connectivity index (χ4n) is 4.29. The molecule has 1 saturated carbocycles. The number of nitrogens with one attached hydrogen (secondary N) is 1. The number of allylic oxidation sites excluding steroid dienone is 1. The van der Waals surface area contributed by atoms with Gasteiger partial charge in [0.1, 0.15) is 0 Å². The molecule has 0 aromatic heterocycles. The third-order valence-corrected chi connectivity index (χ3v) is 5.26. The molecule has 1 unspecified atom stereocenters. The number of rotatable bonds is 6. The van der Waals surface area contributed by atoms with Crippen LogP contribution in [-0.4, -0.2) is 24.8 Å². The monoisotopic (exact) mass is 293 g/mol. The standard InChI is InChI=1S/C19H35NO/c1-3-20-18(17-13-9-5-6-10-14-17)19(21-4-2)15-11-7-8-12-16-19/h13,18,20H,3-12,14-16H2,1-2H3. The number of ether oxygens (including phenoxy) is 1. The molecule has 0 aromatic carbocycles. The molecule has 1 N–H and O–H groups in total. The molecule has 0 radical (unpaired) electrons. The maximum Gasteiger partial charge on any atom is 0.0872 e. The minimum atomic E-state index is 0.0530. The van der Waals surface area contributed by atoms with Crippen LogP contribution >= 0.6 is 0 Å². The van der Waals surface area contributed by atoms with E-state index < -0.39 is 0 Å². The zero-order valence-electron chi connectivity index (χ0n) is 14.3. The lowest BCUT2D eigenvalue weighted by Crippen LogP contribution is -2.53. The summed E-state index contributed by atoms with van der Waals surface area (Å²) >= 11 is 0. The predicted octanol–water partition coefficient (Wildman–Crippen LogP) is 4.98. The predicted molar refractivity (Wildman–Crippen MR) is 90.7 cm³/mol. The Morgan fingerprint density at radius 3 is 2.43 bits per heavy atom. The molecule has 0 saturated heterocycles. The van der Waals surface area contributed by atoms with Gasteiger partial charge in [0.15, 0.2) is 0 Å². The van der Waals surface area contributed by atoms with Crippen LogP contribution in [0.25, 0.3) is 0 Å². The van der Waals surface area contributed by atoms with Gasteiger partial charge < -0.3 is 10.1 Å². The lowest BCUT2D eigenvalue weighted by molar-refractivity contribution is -0.0689. The van der Waals surface area contributed by atoms with Gasteiger partial charge >= 0.3 is 0 Å². The summed E-state index contributed by atoms with van der Waals surface area (Å²) in [4.78, 5) is 0. The van der Waals surface area contributed by atoms with E-state index in [2.05, 4.69) is 25.2 Å². The van der Waals surface area contributed by atoms with Crippen LogP contribution in [0, 0.1) is 0 Å². The third-order valence-electron chi connectivity index (χ3n) is 5.26. The first-order valence-corrected chi connectivity index (χ1v) is 9.38. The molecule has 1 fully saturated rings. The van der Waals surface area contributed by atoms with Gasteiger partial charge in [-0.15, -0.1) is 0 Å². The van der Waals surface area contributed by atoms with Crippen LogP contribution in [-0.2, 0) is 4.74 Å². The van der Waals surface area contributed by atoms with Crippen LogP contribution in [0.2, 0.25) is 0 Å². The quantitative estimate of drug-likeness (QED) is 0.550. The molecular weight excluding hydrogens is 258 g/mol. The van der Waals surface area contributed by atoms with Crippen LogP contribution in [0.4, 0.5) is 0 Å². The van der Waals surface area contributed by atoms with Crippen LogP contribution in [0.15, 0.2) is 11.6 Å². The maximum atomic E-state index is 6.46. The smallest absolute Gasteiger partial charge is 0.0872 e. The largest absolute Gasteiger partial charge is 0.373 e. The van der Waals surface area contributed by atoms with Gasteiger partial charge in [-0.25, -0.2) is 0 Å². The fourth-order valence-corrected chi connectivity index (χ4v) is 4.29. The Hall–Kier alpha value is -0.340. The minimum absolute atomic E-state index is 0.0530. The first-order valence-electron chi connectivity index (χ1n) is 9.38. The van der Waals surface area contributed by atoms with Gasteiger partial charge in [-0.1, -0.05) is 50.7 Å². The molecule has 0 heterocycles. The molecule has 2 heteroatoms. The van der Waals surface area contributed by atoms with Gasteiger partial charge in [0.05, 0.1) is 11.6 Å². The van der Waals surface area contributed by atoms with Crippen LogP contribution in [0.5, 0.6) is 0 Å². The topological polar surface area (TPSA) is 21.3 Å². The molecule has 0 aromatic rings. The molecule has 0 aliphatic heterocycles. The Balaban J connectivity index is 2.23. The van der Waals surface area contributed by atoms with E-state index in [1.54, 1.807) is 5.57 Å². The Bertz CT molecular complexity index is 316. The van der Waals surface area contributed by atoms with Gasteiger partial charge in [-0.2, -0.15) is 0 Å². The van der Waals surface area contributed by atoms with Crippen molar-refractivity contribution in [3.05, 3.63) is 11.6 Å². The van der Waals surface area contributed by atoms with E-state index in [4.69, 9.17) is 4.74 Å². The average Bonchev–Trinajstić information content (AvgIpc) is 2.88. The Morgan fingerprint density at radius 2 is 1.76 bits per heavy atom. The van der Waals surface area contributed by atoms with Crippen molar-refractivity contribution < 1.29 is 4.74 Å². The Labute approximate surface area is 131 Å². The van der Waals surface area contributed by atoms with Crippen LogP contribution < -0.4 is 5.32 Å². The molecule has 1 atom stereocenters. The first kappa shape index (κ1) is 17.0. The highest BCUT2D eigenvalue weighted by atomic mass is 16.5. The summed E-state index contributed by atoms with van der Waals surface area (Å²) in [6.07, 6.45) is 17.1. The van der Waals surface area contributed by atoms with E-state index in [9.17, 15) is 0 Å². The summed E-state index contributed by atoms with van der Waals surface area (Å²) in [6, 6.07) is 0.443. The molecule has 2 aliphatic rings. The molecule has 0 spiro atoms. The highest BCUT2D eigenvalue weighted by Crippen LogP contribution is 2.38.